The van der Waals surface area contributed by atoms with E-state index in [2.05, 4.69) is 0 Å². The number of hydrogen-bond acceptors (Lipinski definition) is 2. The van der Waals surface area contributed by atoms with Crippen LogP contribution in [0, 0.1) is 13.8 Å². The first kappa shape index (κ1) is 12.8. The third-order valence-corrected chi connectivity index (χ3v) is 2.39. The summed E-state index contributed by atoms with van der Waals surface area (Å²) in [6, 6.07) is 2.78. The predicted molar refractivity (Wildman–Crippen MR) is 53.5 cm³/mol. The Morgan fingerprint density at radius 1 is 1.19 bits per heavy atom. The highest BCUT2D eigenvalue weighted by atomic mass is 19.4. The van der Waals surface area contributed by atoms with Crippen LogP contribution in [0.15, 0.2) is 12.1 Å². The molecule has 0 amide bonds. The van der Waals surface area contributed by atoms with Gasteiger partial charge >= 0.3 is 6.18 Å². The van der Waals surface area contributed by atoms with Crippen molar-refractivity contribution in [3.05, 3.63) is 28.8 Å². The maximum Gasteiger partial charge on any atom is 0.418 e. The van der Waals surface area contributed by atoms with Crippen molar-refractivity contribution < 1.29 is 23.0 Å². The number of aliphatic hydroxyl groups excluding tert-OH is 1. The molecule has 16 heavy (non-hydrogen) atoms. The number of rotatable bonds is 2. The zero-order valence-electron chi connectivity index (χ0n) is 9.22. The molecule has 0 bridgehead atoms. The summed E-state index contributed by atoms with van der Waals surface area (Å²) in [5, 5.41) is 9.16. The van der Waals surface area contributed by atoms with Gasteiger partial charge in [0.1, 0.15) is 5.75 Å². The van der Waals surface area contributed by atoms with Gasteiger partial charge in [0.05, 0.1) is 7.11 Å². The highest BCUT2D eigenvalue weighted by Gasteiger charge is 2.40. The normalized spacial score (nSPS) is 13.7. The van der Waals surface area contributed by atoms with Crippen LogP contribution in [0.25, 0.3) is 0 Å². The van der Waals surface area contributed by atoms with E-state index in [1.807, 2.05) is 0 Å². The summed E-state index contributed by atoms with van der Waals surface area (Å²) >= 11 is 0. The van der Waals surface area contributed by atoms with Crippen molar-refractivity contribution in [2.24, 2.45) is 0 Å². The lowest BCUT2D eigenvalue weighted by Crippen LogP contribution is -2.21. The molecular weight excluding hydrogens is 221 g/mol. The molecule has 0 radical (unpaired) electrons. The van der Waals surface area contributed by atoms with Crippen LogP contribution in [0.1, 0.15) is 22.8 Å². The zero-order valence-corrected chi connectivity index (χ0v) is 9.22. The van der Waals surface area contributed by atoms with Gasteiger partial charge in [-0.1, -0.05) is 0 Å². The lowest BCUT2D eigenvalue weighted by Gasteiger charge is -2.18. The van der Waals surface area contributed by atoms with Gasteiger partial charge in [-0.3, -0.25) is 0 Å². The maximum atomic E-state index is 12.3. The largest absolute Gasteiger partial charge is 0.496 e. The van der Waals surface area contributed by atoms with Crippen LogP contribution in [-0.4, -0.2) is 18.4 Å². The number of alkyl halides is 3. The Morgan fingerprint density at radius 3 is 2.19 bits per heavy atom. The molecule has 0 aliphatic heterocycles. The molecule has 0 fully saturated rings. The van der Waals surface area contributed by atoms with E-state index in [0.29, 0.717) is 16.9 Å². The number of methoxy groups -OCH3 is 1. The highest BCUT2D eigenvalue weighted by Crippen LogP contribution is 2.36. The molecule has 0 aliphatic rings. The molecule has 1 aromatic rings. The Balaban J connectivity index is 3.21. The van der Waals surface area contributed by atoms with Crippen LogP contribution in [0.4, 0.5) is 13.2 Å². The lowest BCUT2D eigenvalue weighted by atomic mass is 9.99. The summed E-state index contributed by atoms with van der Waals surface area (Å²) < 4.78 is 42.0. The van der Waals surface area contributed by atoms with Crippen molar-refractivity contribution in [1.29, 1.82) is 0 Å². The summed E-state index contributed by atoms with van der Waals surface area (Å²) in [4.78, 5) is 0. The minimum absolute atomic E-state index is 0.134. The molecule has 0 aromatic heterocycles. The Kier molecular flexibility index (Phi) is 3.48. The van der Waals surface area contributed by atoms with Crippen LogP contribution < -0.4 is 4.74 Å². The molecule has 2 nitrogen and oxygen atoms in total. The van der Waals surface area contributed by atoms with E-state index in [1.54, 1.807) is 6.92 Å². The van der Waals surface area contributed by atoms with Crippen molar-refractivity contribution in [3.63, 3.8) is 0 Å². The fourth-order valence-electron chi connectivity index (χ4n) is 1.50. The second-order valence-electron chi connectivity index (χ2n) is 3.62. The number of hydrogen-bond donors (Lipinski definition) is 1. The van der Waals surface area contributed by atoms with Gasteiger partial charge in [-0.25, -0.2) is 0 Å². The molecule has 0 saturated carbocycles. The molecule has 0 spiro atoms. The molecule has 5 heteroatoms. The van der Waals surface area contributed by atoms with E-state index in [1.165, 1.54) is 26.2 Å². The molecule has 1 atom stereocenters. The minimum Gasteiger partial charge on any atom is -0.496 e. The third-order valence-electron chi connectivity index (χ3n) is 2.39. The molecule has 1 aromatic carbocycles. The summed E-state index contributed by atoms with van der Waals surface area (Å²) in [6.07, 6.45) is -7.09. The Hall–Kier alpha value is -1.23. The summed E-state index contributed by atoms with van der Waals surface area (Å²) in [5.41, 5.74) is 0.782. The van der Waals surface area contributed by atoms with Crippen molar-refractivity contribution >= 4 is 0 Å². The van der Waals surface area contributed by atoms with Crippen molar-refractivity contribution in [2.45, 2.75) is 26.1 Å². The monoisotopic (exact) mass is 234 g/mol. The van der Waals surface area contributed by atoms with E-state index in [9.17, 15) is 13.2 Å². The standard InChI is InChI=1S/C11H13F3O2/c1-6-5-9(16-3)7(2)4-8(6)10(15)11(12,13)14/h4-5,10,15H,1-3H3. The second kappa shape index (κ2) is 4.33. The second-order valence-corrected chi connectivity index (χ2v) is 3.62. The van der Waals surface area contributed by atoms with Gasteiger partial charge in [-0.05, 0) is 42.7 Å². The maximum absolute atomic E-state index is 12.3. The number of ether oxygens (including phenoxy) is 1. The Bertz CT molecular complexity index is 386. The molecule has 0 saturated heterocycles. The summed E-state index contributed by atoms with van der Waals surface area (Å²) in [7, 11) is 1.45. The van der Waals surface area contributed by atoms with Gasteiger partial charge in [0.15, 0.2) is 6.10 Å². The fraction of sp³-hybridized carbons (Fsp3) is 0.455. The van der Waals surface area contributed by atoms with E-state index >= 15 is 0 Å². The Labute approximate surface area is 91.7 Å². The lowest BCUT2D eigenvalue weighted by molar-refractivity contribution is -0.207. The third kappa shape index (κ3) is 2.47. The van der Waals surface area contributed by atoms with E-state index in [0.717, 1.165) is 0 Å². The van der Waals surface area contributed by atoms with Gasteiger partial charge in [-0.15, -0.1) is 0 Å². The topological polar surface area (TPSA) is 29.5 Å². The van der Waals surface area contributed by atoms with Crippen molar-refractivity contribution in [1.82, 2.24) is 0 Å². The van der Waals surface area contributed by atoms with E-state index in [4.69, 9.17) is 9.84 Å². The van der Waals surface area contributed by atoms with E-state index < -0.39 is 12.3 Å². The average Bonchev–Trinajstić information content (AvgIpc) is 2.18. The van der Waals surface area contributed by atoms with E-state index in [-0.39, 0.29) is 5.56 Å². The SMILES string of the molecule is COc1cc(C)c(C(O)C(F)(F)F)cc1C. The molecule has 1 N–H and O–H groups in total. The minimum atomic E-state index is -4.65. The first-order valence-electron chi connectivity index (χ1n) is 4.67. The molecule has 0 heterocycles. The number of benzene rings is 1. The highest BCUT2D eigenvalue weighted by molar-refractivity contribution is 5.42. The number of aliphatic hydroxyl groups is 1. The number of halogens is 3. The van der Waals surface area contributed by atoms with Crippen molar-refractivity contribution in [3.8, 4) is 5.75 Å². The molecule has 1 unspecified atom stereocenters. The zero-order chi connectivity index (χ0) is 12.5. The van der Waals surface area contributed by atoms with Crippen LogP contribution in [0.2, 0.25) is 0 Å². The summed E-state index contributed by atoms with van der Waals surface area (Å²) in [6.45, 7) is 3.14. The van der Waals surface area contributed by atoms with Gasteiger partial charge in [0.25, 0.3) is 0 Å². The first-order valence-corrected chi connectivity index (χ1v) is 4.67. The smallest absolute Gasteiger partial charge is 0.418 e. The van der Waals surface area contributed by atoms with Crippen LogP contribution in [0.5, 0.6) is 5.75 Å². The fourth-order valence-corrected chi connectivity index (χ4v) is 1.50. The van der Waals surface area contributed by atoms with Gasteiger partial charge in [-0.2, -0.15) is 13.2 Å². The van der Waals surface area contributed by atoms with Crippen LogP contribution in [0.3, 0.4) is 0 Å². The van der Waals surface area contributed by atoms with Gasteiger partial charge < -0.3 is 9.84 Å². The van der Waals surface area contributed by atoms with Crippen LogP contribution in [-0.2, 0) is 0 Å². The molecule has 0 aliphatic carbocycles. The predicted octanol–water partition coefficient (Wildman–Crippen LogP) is 2.91. The van der Waals surface area contributed by atoms with Crippen LogP contribution >= 0.6 is 0 Å². The van der Waals surface area contributed by atoms with Gasteiger partial charge in [0, 0.05) is 0 Å². The summed E-state index contributed by atoms with van der Waals surface area (Å²) in [5.74, 6) is 0.510. The Morgan fingerprint density at radius 2 is 1.75 bits per heavy atom. The van der Waals surface area contributed by atoms with Gasteiger partial charge in [0.2, 0.25) is 0 Å². The van der Waals surface area contributed by atoms with Crippen molar-refractivity contribution in [2.75, 3.05) is 7.11 Å². The quantitative estimate of drug-likeness (QED) is 0.852. The average molecular weight is 234 g/mol. The number of aryl methyl sites for hydroxylation is 2. The molecular formula is C11H13F3O2. The molecule has 1 rings (SSSR count). The molecule has 90 valence electrons. The first-order chi connectivity index (χ1) is 7.27.